The topological polar surface area (TPSA) is 64.3 Å². The number of nitrogens with one attached hydrogen (secondary N) is 1. The molecule has 0 spiro atoms. The van der Waals surface area contributed by atoms with E-state index in [-0.39, 0.29) is 11.3 Å². The van der Waals surface area contributed by atoms with Crippen molar-refractivity contribution >= 4 is 11.6 Å². The third kappa shape index (κ3) is 3.51. The van der Waals surface area contributed by atoms with E-state index in [1.165, 1.54) is 18.2 Å². The lowest BCUT2D eigenvalue weighted by atomic mass is 10.1. The molecular formula is C16H17FN2O2. The highest BCUT2D eigenvalue weighted by atomic mass is 19.1. The monoisotopic (exact) mass is 288 g/mol. The maximum absolute atomic E-state index is 13.7. The fraction of sp³-hybridized carbons (Fsp3) is 0.188. The Balaban J connectivity index is 2.14. The van der Waals surface area contributed by atoms with E-state index in [1.807, 2.05) is 25.1 Å². The number of hydrogen-bond acceptors (Lipinski definition) is 3. The summed E-state index contributed by atoms with van der Waals surface area (Å²) in [5.74, 6) is -0.204. The highest BCUT2D eigenvalue weighted by molar-refractivity contribution is 5.93. The van der Waals surface area contributed by atoms with Crippen molar-refractivity contribution in [1.82, 2.24) is 0 Å². The zero-order chi connectivity index (χ0) is 15.4. The fourth-order valence-electron chi connectivity index (χ4n) is 2.06. The summed E-state index contributed by atoms with van der Waals surface area (Å²) < 4.78 is 18.9. The molecule has 4 nitrogen and oxygen atoms in total. The minimum Gasteiger partial charge on any atom is -0.496 e. The summed E-state index contributed by atoms with van der Waals surface area (Å²) in [5.41, 5.74) is 7.69. The van der Waals surface area contributed by atoms with Gasteiger partial charge in [-0.3, -0.25) is 4.79 Å². The molecule has 0 aliphatic heterocycles. The van der Waals surface area contributed by atoms with Gasteiger partial charge in [0.25, 0.3) is 0 Å². The van der Waals surface area contributed by atoms with E-state index in [1.54, 1.807) is 7.11 Å². The van der Waals surface area contributed by atoms with E-state index in [0.29, 0.717) is 6.54 Å². The van der Waals surface area contributed by atoms with Gasteiger partial charge in [0.15, 0.2) is 0 Å². The first-order valence-electron chi connectivity index (χ1n) is 6.48. The molecule has 1 amide bonds. The number of nitrogens with two attached hydrogens (primary N) is 1. The van der Waals surface area contributed by atoms with E-state index in [2.05, 4.69) is 5.32 Å². The molecule has 0 unspecified atom stereocenters. The molecule has 21 heavy (non-hydrogen) atoms. The van der Waals surface area contributed by atoms with Crippen LogP contribution in [0, 0.1) is 12.7 Å². The largest absolute Gasteiger partial charge is 0.496 e. The second-order valence-corrected chi connectivity index (χ2v) is 4.72. The molecular weight excluding hydrogens is 271 g/mol. The zero-order valence-corrected chi connectivity index (χ0v) is 11.9. The van der Waals surface area contributed by atoms with Gasteiger partial charge in [-0.25, -0.2) is 4.39 Å². The fourth-order valence-corrected chi connectivity index (χ4v) is 2.06. The second-order valence-electron chi connectivity index (χ2n) is 4.72. The number of primary amides is 1. The SMILES string of the molecule is COc1ccc(CNc2cc(C(N)=O)ccc2F)cc1C. The number of aryl methyl sites for hydroxylation is 1. The highest BCUT2D eigenvalue weighted by Crippen LogP contribution is 2.21. The number of carbonyl (C=O) groups is 1. The third-order valence-corrected chi connectivity index (χ3v) is 3.19. The maximum atomic E-state index is 13.7. The van der Waals surface area contributed by atoms with Crippen LogP contribution < -0.4 is 15.8 Å². The molecule has 110 valence electrons. The van der Waals surface area contributed by atoms with Crippen molar-refractivity contribution in [3.8, 4) is 5.75 Å². The number of carbonyl (C=O) groups excluding carboxylic acids is 1. The van der Waals surface area contributed by atoms with Crippen LogP contribution in [0.3, 0.4) is 0 Å². The Kier molecular flexibility index (Phi) is 4.42. The Hall–Kier alpha value is -2.56. The summed E-state index contributed by atoms with van der Waals surface area (Å²) in [5, 5.41) is 2.97. The van der Waals surface area contributed by atoms with E-state index in [4.69, 9.17) is 10.5 Å². The molecule has 0 heterocycles. The summed E-state index contributed by atoms with van der Waals surface area (Å²) in [6.45, 7) is 2.38. The lowest BCUT2D eigenvalue weighted by molar-refractivity contribution is 0.100. The van der Waals surface area contributed by atoms with Crippen LogP contribution >= 0.6 is 0 Å². The Morgan fingerprint density at radius 2 is 2.05 bits per heavy atom. The van der Waals surface area contributed by atoms with Crippen LogP contribution in [0.1, 0.15) is 21.5 Å². The number of halogens is 1. The van der Waals surface area contributed by atoms with Crippen LogP contribution in [0.15, 0.2) is 36.4 Å². The predicted octanol–water partition coefficient (Wildman–Crippen LogP) is 2.85. The molecule has 0 aromatic heterocycles. The Labute approximate surface area is 122 Å². The molecule has 0 aliphatic rings. The molecule has 0 atom stereocenters. The number of ether oxygens (including phenoxy) is 1. The number of anilines is 1. The number of benzene rings is 2. The highest BCUT2D eigenvalue weighted by Gasteiger charge is 2.07. The molecule has 0 radical (unpaired) electrons. The van der Waals surface area contributed by atoms with Gasteiger partial charge in [-0.2, -0.15) is 0 Å². The third-order valence-electron chi connectivity index (χ3n) is 3.19. The summed E-state index contributed by atoms with van der Waals surface area (Å²) in [6.07, 6.45) is 0. The first kappa shape index (κ1) is 14.8. The van der Waals surface area contributed by atoms with Crippen LogP contribution in [-0.2, 0) is 6.54 Å². The molecule has 0 saturated carbocycles. The molecule has 0 saturated heterocycles. The average molecular weight is 288 g/mol. The van der Waals surface area contributed by atoms with Gasteiger partial charge in [-0.1, -0.05) is 12.1 Å². The number of hydrogen-bond donors (Lipinski definition) is 2. The molecule has 0 fully saturated rings. The minimum absolute atomic E-state index is 0.250. The summed E-state index contributed by atoms with van der Waals surface area (Å²) in [7, 11) is 1.62. The van der Waals surface area contributed by atoms with Gasteiger partial charge in [-0.05, 0) is 42.3 Å². The zero-order valence-electron chi connectivity index (χ0n) is 11.9. The second kappa shape index (κ2) is 6.26. The standard InChI is InChI=1S/C16H17FN2O2/c1-10-7-11(3-6-15(10)21-2)9-19-14-8-12(16(18)20)4-5-13(14)17/h3-8,19H,9H2,1-2H3,(H2,18,20). The summed E-state index contributed by atoms with van der Waals surface area (Å²) in [6, 6.07) is 9.72. The molecule has 2 aromatic carbocycles. The van der Waals surface area contributed by atoms with Crippen molar-refractivity contribution in [2.45, 2.75) is 13.5 Å². The molecule has 2 rings (SSSR count). The molecule has 0 aliphatic carbocycles. The van der Waals surface area contributed by atoms with Crippen LogP contribution in [0.5, 0.6) is 5.75 Å². The first-order chi connectivity index (χ1) is 10.0. The van der Waals surface area contributed by atoms with Gasteiger partial charge in [0.05, 0.1) is 12.8 Å². The summed E-state index contributed by atoms with van der Waals surface area (Å²) in [4.78, 5) is 11.1. The lowest BCUT2D eigenvalue weighted by Crippen LogP contribution is -2.12. The van der Waals surface area contributed by atoms with E-state index in [9.17, 15) is 9.18 Å². The minimum atomic E-state index is -0.585. The predicted molar refractivity (Wildman–Crippen MR) is 80.0 cm³/mol. The van der Waals surface area contributed by atoms with Gasteiger partial charge in [0, 0.05) is 12.1 Å². The van der Waals surface area contributed by atoms with E-state index in [0.717, 1.165) is 16.9 Å². The smallest absolute Gasteiger partial charge is 0.248 e. The van der Waals surface area contributed by atoms with Crippen molar-refractivity contribution in [2.75, 3.05) is 12.4 Å². The average Bonchev–Trinajstić information content (AvgIpc) is 2.46. The lowest BCUT2D eigenvalue weighted by Gasteiger charge is -2.11. The van der Waals surface area contributed by atoms with Crippen molar-refractivity contribution < 1.29 is 13.9 Å². The van der Waals surface area contributed by atoms with Gasteiger partial charge < -0.3 is 15.8 Å². The Morgan fingerprint density at radius 1 is 1.29 bits per heavy atom. The van der Waals surface area contributed by atoms with Gasteiger partial charge in [0.1, 0.15) is 11.6 Å². The van der Waals surface area contributed by atoms with Gasteiger partial charge in [-0.15, -0.1) is 0 Å². The van der Waals surface area contributed by atoms with E-state index < -0.39 is 11.7 Å². The Bertz CT molecular complexity index is 671. The number of rotatable bonds is 5. The van der Waals surface area contributed by atoms with Crippen LogP contribution in [0.2, 0.25) is 0 Å². The first-order valence-corrected chi connectivity index (χ1v) is 6.48. The molecule has 5 heteroatoms. The van der Waals surface area contributed by atoms with Crippen LogP contribution in [0.25, 0.3) is 0 Å². The van der Waals surface area contributed by atoms with Crippen molar-refractivity contribution in [3.05, 3.63) is 58.9 Å². The quantitative estimate of drug-likeness (QED) is 0.889. The van der Waals surface area contributed by atoms with Crippen LogP contribution in [0.4, 0.5) is 10.1 Å². The maximum Gasteiger partial charge on any atom is 0.248 e. The number of amides is 1. The van der Waals surface area contributed by atoms with Crippen LogP contribution in [-0.4, -0.2) is 13.0 Å². The van der Waals surface area contributed by atoms with Crippen molar-refractivity contribution in [2.24, 2.45) is 5.73 Å². The molecule has 2 aromatic rings. The van der Waals surface area contributed by atoms with Gasteiger partial charge in [0.2, 0.25) is 5.91 Å². The van der Waals surface area contributed by atoms with Gasteiger partial charge >= 0.3 is 0 Å². The molecule has 3 N–H and O–H groups in total. The molecule has 0 bridgehead atoms. The number of methoxy groups -OCH3 is 1. The summed E-state index contributed by atoms with van der Waals surface area (Å²) >= 11 is 0. The van der Waals surface area contributed by atoms with E-state index >= 15 is 0 Å². The normalized spacial score (nSPS) is 10.2. The van der Waals surface area contributed by atoms with Crippen molar-refractivity contribution in [3.63, 3.8) is 0 Å². The Morgan fingerprint density at radius 3 is 2.67 bits per heavy atom. The van der Waals surface area contributed by atoms with Crippen molar-refractivity contribution in [1.29, 1.82) is 0 Å².